The van der Waals surface area contributed by atoms with Gasteiger partial charge < -0.3 is 9.80 Å². The van der Waals surface area contributed by atoms with Gasteiger partial charge in [-0.3, -0.25) is 0 Å². The van der Waals surface area contributed by atoms with Crippen LogP contribution >= 0.6 is 0 Å². The molecule has 5 heteroatoms. The number of nitrogens with zero attached hydrogens (tertiary/aromatic N) is 2. The number of benzene rings is 6. The van der Waals surface area contributed by atoms with E-state index in [0.717, 1.165) is 22.7 Å². The number of para-hydroxylation sites is 6. The van der Waals surface area contributed by atoms with E-state index in [0.29, 0.717) is 11.4 Å². The Morgan fingerprint density at radius 3 is 0.854 bits per heavy atom. The molecule has 6 aromatic rings. The minimum absolute atomic E-state index is 0.223. The standard InChI is InChI=1S/C36H28N2O2S/c39-41(40,35-27-15-13-25-33(35)37(29-17-5-1-6-18-29)30-19-7-2-8-20-30)36-28-16-14-26-34(36)38(31-21-9-3-10-22-31)32-23-11-4-12-24-32/h1-28H. The molecule has 0 spiro atoms. The van der Waals surface area contributed by atoms with Crippen LogP contribution in [0.3, 0.4) is 0 Å². The number of rotatable bonds is 8. The summed E-state index contributed by atoms with van der Waals surface area (Å²) in [6.45, 7) is 0. The van der Waals surface area contributed by atoms with Crippen molar-refractivity contribution in [3.05, 3.63) is 170 Å². The van der Waals surface area contributed by atoms with Gasteiger partial charge in [-0.2, -0.15) is 0 Å². The molecule has 0 bridgehead atoms. The number of sulfone groups is 1. The van der Waals surface area contributed by atoms with Crippen LogP contribution in [0.2, 0.25) is 0 Å². The molecule has 0 amide bonds. The topological polar surface area (TPSA) is 40.6 Å². The lowest BCUT2D eigenvalue weighted by Crippen LogP contribution is -2.17. The zero-order chi connectivity index (χ0) is 28.1. The summed E-state index contributed by atoms with van der Waals surface area (Å²) in [6, 6.07) is 53.7. The van der Waals surface area contributed by atoms with E-state index in [4.69, 9.17) is 0 Å². The Morgan fingerprint density at radius 1 is 0.317 bits per heavy atom. The predicted molar refractivity (Wildman–Crippen MR) is 168 cm³/mol. The Hall–Kier alpha value is -5.13. The van der Waals surface area contributed by atoms with E-state index in [1.807, 2.05) is 155 Å². The predicted octanol–water partition coefficient (Wildman–Crippen LogP) is 9.46. The molecule has 6 aromatic carbocycles. The molecule has 200 valence electrons. The molecule has 0 N–H and O–H groups in total. The van der Waals surface area contributed by atoms with Crippen LogP contribution in [0.5, 0.6) is 0 Å². The highest BCUT2D eigenvalue weighted by Gasteiger charge is 2.29. The van der Waals surface area contributed by atoms with Crippen LogP contribution in [0.4, 0.5) is 34.1 Å². The molecule has 0 heterocycles. The molecule has 4 nitrogen and oxygen atoms in total. The van der Waals surface area contributed by atoms with Crippen molar-refractivity contribution in [1.29, 1.82) is 0 Å². The summed E-state index contributed by atoms with van der Waals surface area (Å²) in [5.74, 6) is 0. The van der Waals surface area contributed by atoms with Gasteiger partial charge in [0.15, 0.2) is 0 Å². The fourth-order valence-electron chi connectivity index (χ4n) is 5.02. The van der Waals surface area contributed by atoms with E-state index in [1.165, 1.54) is 0 Å². The molecule has 0 aliphatic rings. The van der Waals surface area contributed by atoms with Crippen molar-refractivity contribution in [2.45, 2.75) is 9.79 Å². The van der Waals surface area contributed by atoms with Crippen LogP contribution in [0, 0.1) is 0 Å². The van der Waals surface area contributed by atoms with Crippen LogP contribution in [-0.2, 0) is 9.84 Å². The summed E-state index contributed by atoms with van der Waals surface area (Å²) < 4.78 is 29.5. The van der Waals surface area contributed by atoms with Gasteiger partial charge >= 0.3 is 0 Å². The third-order valence-electron chi connectivity index (χ3n) is 6.85. The van der Waals surface area contributed by atoms with Gasteiger partial charge in [0.2, 0.25) is 9.84 Å². The first-order valence-corrected chi connectivity index (χ1v) is 14.9. The van der Waals surface area contributed by atoms with Gasteiger partial charge in [-0.05, 0) is 72.8 Å². The Kier molecular flexibility index (Phi) is 7.35. The number of hydrogen-bond donors (Lipinski definition) is 0. The zero-order valence-electron chi connectivity index (χ0n) is 22.3. The van der Waals surface area contributed by atoms with Crippen LogP contribution in [-0.4, -0.2) is 8.42 Å². The van der Waals surface area contributed by atoms with E-state index in [2.05, 4.69) is 0 Å². The van der Waals surface area contributed by atoms with Crippen molar-refractivity contribution in [2.24, 2.45) is 0 Å². The summed E-state index contributed by atoms with van der Waals surface area (Å²) in [5, 5.41) is 0. The molecule has 0 aliphatic carbocycles. The van der Waals surface area contributed by atoms with Crippen molar-refractivity contribution < 1.29 is 8.42 Å². The van der Waals surface area contributed by atoms with Crippen LogP contribution in [0.1, 0.15) is 0 Å². The van der Waals surface area contributed by atoms with Crippen LogP contribution in [0.25, 0.3) is 0 Å². The van der Waals surface area contributed by atoms with Crippen LogP contribution in [0.15, 0.2) is 180 Å². The maximum atomic E-state index is 14.8. The fraction of sp³-hybridized carbons (Fsp3) is 0. The van der Waals surface area contributed by atoms with Gasteiger partial charge in [0, 0.05) is 22.7 Å². The molecule has 0 aromatic heterocycles. The van der Waals surface area contributed by atoms with Gasteiger partial charge in [0.1, 0.15) is 0 Å². The lowest BCUT2D eigenvalue weighted by molar-refractivity contribution is 0.596. The molecule has 0 unspecified atom stereocenters. The van der Waals surface area contributed by atoms with Gasteiger partial charge in [0.25, 0.3) is 0 Å². The average Bonchev–Trinajstić information content (AvgIpc) is 3.04. The van der Waals surface area contributed by atoms with Crippen molar-refractivity contribution in [3.8, 4) is 0 Å². The maximum absolute atomic E-state index is 14.8. The SMILES string of the molecule is O=S(=O)(c1ccccc1N(c1ccccc1)c1ccccc1)c1ccccc1N(c1ccccc1)c1ccccc1. The smallest absolute Gasteiger partial charge is 0.210 e. The van der Waals surface area contributed by atoms with E-state index in [1.54, 1.807) is 24.3 Å². The third kappa shape index (κ3) is 5.23. The number of anilines is 6. The molecular weight excluding hydrogens is 524 g/mol. The molecule has 41 heavy (non-hydrogen) atoms. The highest BCUT2D eigenvalue weighted by Crippen LogP contribution is 2.44. The van der Waals surface area contributed by atoms with Gasteiger partial charge in [0.05, 0.1) is 21.2 Å². The van der Waals surface area contributed by atoms with Crippen molar-refractivity contribution in [3.63, 3.8) is 0 Å². The van der Waals surface area contributed by atoms with Gasteiger partial charge in [-0.15, -0.1) is 0 Å². The molecule has 0 fully saturated rings. The summed E-state index contributed by atoms with van der Waals surface area (Å²) in [5.41, 5.74) is 4.61. The molecule has 6 rings (SSSR count). The fourth-order valence-corrected chi connectivity index (χ4v) is 6.64. The summed E-state index contributed by atoms with van der Waals surface area (Å²) in [7, 11) is -4.01. The van der Waals surface area contributed by atoms with E-state index in [9.17, 15) is 8.42 Å². The second kappa shape index (κ2) is 11.5. The van der Waals surface area contributed by atoms with E-state index >= 15 is 0 Å². The Balaban J connectivity index is 1.56. The second-order valence-electron chi connectivity index (χ2n) is 9.45. The zero-order valence-corrected chi connectivity index (χ0v) is 23.1. The quantitative estimate of drug-likeness (QED) is 0.189. The lowest BCUT2D eigenvalue weighted by atomic mass is 10.2. The Morgan fingerprint density at radius 2 is 0.561 bits per heavy atom. The minimum Gasteiger partial charge on any atom is -0.309 e. The van der Waals surface area contributed by atoms with Crippen LogP contribution < -0.4 is 9.80 Å². The molecule has 0 atom stereocenters. The molecule has 0 saturated heterocycles. The van der Waals surface area contributed by atoms with Gasteiger partial charge in [-0.1, -0.05) is 97.1 Å². The molecular formula is C36H28N2O2S. The van der Waals surface area contributed by atoms with E-state index < -0.39 is 9.84 Å². The van der Waals surface area contributed by atoms with E-state index in [-0.39, 0.29) is 9.79 Å². The first kappa shape index (κ1) is 26.1. The second-order valence-corrected chi connectivity index (χ2v) is 11.3. The first-order chi connectivity index (χ1) is 20.1. The monoisotopic (exact) mass is 552 g/mol. The minimum atomic E-state index is -4.01. The lowest BCUT2D eigenvalue weighted by Gasteiger charge is -2.29. The normalized spacial score (nSPS) is 11.1. The Labute approximate surface area is 241 Å². The maximum Gasteiger partial charge on any atom is 0.210 e. The van der Waals surface area contributed by atoms with Crippen molar-refractivity contribution in [2.75, 3.05) is 9.80 Å². The summed E-state index contributed by atoms with van der Waals surface area (Å²) in [6.07, 6.45) is 0. The molecule has 0 saturated carbocycles. The van der Waals surface area contributed by atoms with Gasteiger partial charge in [-0.25, -0.2) is 8.42 Å². The van der Waals surface area contributed by atoms with Crippen molar-refractivity contribution >= 4 is 44.0 Å². The highest BCUT2D eigenvalue weighted by atomic mass is 32.2. The first-order valence-electron chi connectivity index (χ1n) is 13.4. The largest absolute Gasteiger partial charge is 0.309 e. The Bertz CT molecular complexity index is 1630. The molecule has 0 aliphatic heterocycles. The third-order valence-corrected chi connectivity index (χ3v) is 8.70. The number of hydrogen-bond acceptors (Lipinski definition) is 4. The summed E-state index contributed by atoms with van der Waals surface area (Å²) in [4.78, 5) is 4.42. The summed E-state index contributed by atoms with van der Waals surface area (Å²) >= 11 is 0. The molecule has 0 radical (unpaired) electrons. The average molecular weight is 553 g/mol. The van der Waals surface area contributed by atoms with Crippen molar-refractivity contribution in [1.82, 2.24) is 0 Å². The highest BCUT2D eigenvalue weighted by molar-refractivity contribution is 7.91.